The van der Waals surface area contributed by atoms with Gasteiger partial charge in [0.1, 0.15) is 0 Å². The molecule has 2 rings (SSSR count). The van der Waals surface area contributed by atoms with Crippen LogP contribution in [0.25, 0.3) is 5.95 Å². The molecule has 7 nitrogen and oxygen atoms in total. The number of hydrogen-bond acceptors (Lipinski definition) is 7. The van der Waals surface area contributed by atoms with E-state index < -0.39 is 6.10 Å². The van der Waals surface area contributed by atoms with Gasteiger partial charge < -0.3 is 10.4 Å². The summed E-state index contributed by atoms with van der Waals surface area (Å²) in [4.78, 5) is 12.8. The maximum Gasteiger partial charge on any atom is 0.256 e. The first-order valence-corrected chi connectivity index (χ1v) is 6.76. The molecule has 2 unspecified atom stereocenters. The average molecular weight is 280 g/mol. The van der Waals surface area contributed by atoms with Crippen LogP contribution in [0.2, 0.25) is 0 Å². The molecule has 0 aromatic carbocycles. The third kappa shape index (κ3) is 3.42. The van der Waals surface area contributed by atoms with Crippen molar-refractivity contribution in [3.05, 3.63) is 18.5 Å². The van der Waals surface area contributed by atoms with Gasteiger partial charge in [0, 0.05) is 24.7 Å². The van der Waals surface area contributed by atoms with Crippen molar-refractivity contribution in [2.24, 2.45) is 0 Å². The van der Waals surface area contributed by atoms with E-state index in [4.69, 9.17) is 0 Å². The fraction of sp³-hybridized carbons (Fsp3) is 0.455. The Hall–Kier alpha value is -1.67. The molecule has 0 spiro atoms. The van der Waals surface area contributed by atoms with Crippen LogP contribution in [0.1, 0.15) is 13.8 Å². The Balaban J connectivity index is 2.31. The Kier molecular flexibility index (Phi) is 4.33. The molecule has 0 bridgehead atoms. The molecule has 2 heterocycles. The van der Waals surface area contributed by atoms with E-state index in [-0.39, 0.29) is 5.25 Å². The minimum absolute atomic E-state index is 0.00224. The van der Waals surface area contributed by atoms with E-state index in [2.05, 4.69) is 25.4 Å². The quantitative estimate of drug-likeness (QED) is 0.788. The number of nitrogens with one attached hydrogen (secondary N) is 1. The summed E-state index contributed by atoms with van der Waals surface area (Å²) in [7, 11) is 1.74. The first-order chi connectivity index (χ1) is 9.10. The minimum Gasteiger partial charge on any atom is -0.392 e. The highest BCUT2D eigenvalue weighted by atomic mass is 32.2. The lowest BCUT2D eigenvalue weighted by Gasteiger charge is -2.13. The molecule has 2 N–H and O–H groups in total. The molecule has 0 aliphatic rings. The number of thioether (sulfide) groups is 1. The van der Waals surface area contributed by atoms with Crippen molar-refractivity contribution in [3.8, 4) is 5.95 Å². The molecular formula is C11H16N6OS. The van der Waals surface area contributed by atoms with Gasteiger partial charge in [-0.05, 0) is 13.0 Å². The third-order valence-electron chi connectivity index (χ3n) is 2.51. The minimum atomic E-state index is -0.437. The van der Waals surface area contributed by atoms with Crippen molar-refractivity contribution in [1.82, 2.24) is 24.7 Å². The van der Waals surface area contributed by atoms with Gasteiger partial charge in [-0.1, -0.05) is 18.7 Å². The van der Waals surface area contributed by atoms with Crippen LogP contribution in [0.15, 0.2) is 23.6 Å². The summed E-state index contributed by atoms with van der Waals surface area (Å²) in [6, 6.07) is 1.80. The topological polar surface area (TPSA) is 88.8 Å². The number of aliphatic hydroxyl groups is 1. The summed E-state index contributed by atoms with van der Waals surface area (Å²) in [6.07, 6.45) is 2.99. The Morgan fingerprint density at radius 3 is 2.68 bits per heavy atom. The number of aromatic nitrogens is 5. The predicted octanol–water partition coefficient (Wildman–Crippen LogP) is 0.960. The standard InChI is InChI=1S/C11H16N6OS/c1-7(18)8(2)19-11-15-9(12-3)14-10(16-11)17-6-4-5-13-17/h4-8,18H,1-3H3,(H,12,14,15,16). The molecular weight excluding hydrogens is 264 g/mol. The van der Waals surface area contributed by atoms with Gasteiger partial charge in [0.25, 0.3) is 5.95 Å². The summed E-state index contributed by atoms with van der Waals surface area (Å²) >= 11 is 1.40. The van der Waals surface area contributed by atoms with Gasteiger partial charge in [-0.2, -0.15) is 20.1 Å². The monoisotopic (exact) mass is 280 g/mol. The van der Waals surface area contributed by atoms with Gasteiger partial charge >= 0.3 is 0 Å². The van der Waals surface area contributed by atoms with E-state index in [1.807, 2.05) is 6.92 Å². The average Bonchev–Trinajstić information content (AvgIpc) is 2.92. The zero-order valence-electron chi connectivity index (χ0n) is 11.0. The van der Waals surface area contributed by atoms with Gasteiger partial charge in [0.2, 0.25) is 5.95 Å². The SMILES string of the molecule is CNc1nc(SC(C)C(C)O)nc(-n2cccn2)n1. The van der Waals surface area contributed by atoms with Gasteiger partial charge in [0.05, 0.1) is 6.10 Å². The normalized spacial score (nSPS) is 14.1. The van der Waals surface area contributed by atoms with E-state index in [1.165, 1.54) is 11.8 Å². The molecule has 0 saturated carbocycles. The van der Waals surface area contributed by atoms with Crippen molar-refractivity contribution in [1.29, 1.82) is 0 Å². The fourth-order valence-corrected chi connectivity index (χ4v) is 2.07. The van der Waals surface area contributed by atoms with E-state index in [9.17, 15) is 5.11 Å². The molecule has 2 aromatic heterocycles. The summed E-state index contributed by atoms with van der Waals surface area (Å²) in [5.74, 6) is 0.922. The van der Waals surface area contributed by atoms with Crippen molar-refractivity contribution >= 4 is 17.7 Å². The maximum absolute atomic E-state index is 9.54. The maximum atomic E-state index is 9.54. The summed E-state index contributed by atoms with van der Waals surface area (Å²) < 4.78 is 1.57. The van der Waals surface area contributed by atoms with Crippen LogP contribution in [-0.2, 0) is 0 Å². The van der Waals surface area contributed by atoms with E-state index in [1.54, 1.807) is 37.1 Å². The molecule has 0 fully saturated rings. The number of hydrogen-bond donors (Lipinski definition) is 2. The molecule has 0 radical (unpaired) electrons. The highest BCUT2D eigenvalue weighted by molar-refractivity contribution is 7.99. The van der Waals surface area contributed by atoms with E-state index in [0.717, 1.165) is 0 Å². The number of anilines is 1. The molecule has 0 aliphatic carbocycles. The largest absolute Gasteiger partial charge is 0.392 e. The van der Waals surface area contributed by atoms with Crippen LogP contribution in [-0.4, -0.2) is 48.2 Å². The first-order valence-electron chi connectivity index (χ1n) is 5.88. The Labute approximate surface area is 115 Å². The van der Waals surface area contributed by atoms with Crippen LogP contribution < -0.4 is 5.32 Å². The first kappa shape index (κ1) is 13.8. The zero-order chi connectivity index (χ0) is 13.8. The number of nitrogens with zero attached hydrogens (tertiary/aromatic N) is 5. The second kappa shape index (κ2) is 5.98. The smallest absolute Gasteiger partial charge is 0.256 e. The number of rotatable bonds is 5. The van der Waals surface area contributed by atoms with Crippen LogP contribution in [0.3, 0.4) is 0 Å². The molecule has 2 atom stereocenters. The molecule has 19 heavy (non-hydrogen) atoms. The molecule has 0 amide bonds. The van der Waals surface area contributed by atoms with Crippen LogP contribution in [0.4, 0.5) is 5.95 Å². The van der Waals surface area contributed by atoms with Gasteiger partial charge in [0.15, 0.2) is 5.16 Å². The number of aliphatic hydroxyl groups excluding tert-OH is 1. The Morgan fingerprint density at radius 2 is 2.11 bits per heavy atom. The highest BCUT2D eigenvalue weighted by Gasteiger charge is 2.15. The second-order valence-electron chi connectivity index (χ2n) is 4.01. The van der Waals surface area contributed by atoms with Crippen molar-refractivity contribution < 1.29 is 5.11 Å². The molecule has 8 heteroatoms. The van der Waals surface area contributed by atoms with E-state index >= 15 is 0 Å². The summed E-state index contributed by atoms with van der Waals surface area (Å²) in [5.41, 5.74) is 0. The summed E-state index contributed by atoms with van der Waals surface area (Å²) in [6.45, 7) is 3.66. The van der Waals surface area contributed by atoms with Crippen LogP contribution in [0.5, 0.6) is 0 Å². The Morgan fingerprint density at radius 1 is 1.32 bits per heavy atom. The molecule has 102 valence electrons. The van der Waals surface area contributed by atoms with Crippen molar-refractivity contribution in [2.75, 3.05) is 12.4 Å². The Bertz CT molecular complexity index is 530. The lowest BCUT2D eigenvalue weighted by molar-refractivity contribution is 0.196. The van der Waals surface area contributed by atoms with Gasteiger partial charge in [-0.3, -0.25) is 0 Å². The van der Waals surface area contributed by atoms with E-state index in [0.29, 0.717) is 17.1 Å². The molecule has 0 saturated heterocycles. The van der Waals surface area contributed by atoms with Crippen molar-refractivity contribution in [2.45, 2.75) is 30.4 Å². The third-order valence-corrected chi connectivity index (χ3v) is 3.67. The lowest BCUT2D eigenvalue weighted by atomic mass is 10.3. The zero-order valence-corrected chi connectivity index (χ0v) is 11.8. The van der Waals surface area contributed by atoms with Crippen LogP contribution in [0, 0.1) is 0 Å². The molecule has 0 aliphatic heterocycles. The van der Waals surface area contributed by atoms with Crippen LogP contribution >= 0.6 is 11.8 Å². The van der Waals surface area contributed by atoms with Gasteiger partial charge in [-0.15, -0.1) is 0 Å². The second-order valence-corrected chi connectivity index (χ2v) is 5.35. The summed E-state index contributed by atoms with van der Waals surface area (Å²) in [5, 5.41) is 17.1. The highest BCUT2D eigenvalue weighted by Crippen LogP contribution is 2.23. The van der Waals surface area contributed by atoms with Gasteiger partial charge in [-0.25, -0.2) is 4.68 Å². The molecule has 2 aromatic rings. The fourth-order valence-electron chi connectivity index (χ4n) is 1.26. The lowest BCUT2D eigenvalue weighted by Crippen LogP contribution is -2.16. The van der Waals surface area contributed by atoms with Crippen molar-refractivity contribution in [3.63, 3.8) is 0 Å². The predicted molar refractivity (Wildman–Crippen MR) is 73.5 cm³/mol.